The Kier molecular flexibility index (Phi) is 9.05. The Morgan fingerprint density at radius 1 is 0.925 bits per heavy atom. The molecular weight excluding hydrogens is 504 g/mol. The lowest BCUT2D eigenvalue weighted by Crippen LogP contribution is -2.43. The fraction of sp³-hybridized carbons (Fsp3) is 0.364. The van der Waals surface area contributed by atoms with E-state index in [-0.39, 0.29) is 19.6 Å². The van der Waals surface area contributed by atoms with Crippen molar-refractivity contribution < 1.29 is 23.8 Å². The van der Waals surface area contributed by atoms with Gasteiger partial charge in [0.1, 0.15) is 17.9 Å². The molecule has 1 heterocycles. The molecule has 0 aliphatic carbocycles. The Labute approximate surface area is 236 Å². The molecule has 1 saturated heterocycles. The van der Waals surface area contributed by atoms with Crippen LogP contribution >= 0.6 is 0 Å². The van der Waals surface area contributed by atoms with Gasteiger partial charge in [-0.05, 0) is 40.2 Å². The summed E-state index contributed by atoms with van der Waals surface area (Å²) >= 11 is 0. The summed E-state index contributed by atoms with van der Waals surface area (Å²) in [6.07, 6.45) is -0.680. The lowest BCUT2D eigenvalue weighted by molar-refractivity contribution is -0.157. The number of carbonyl (C=O) groups is 2. The van der Waals surface area contributed by atoms with E-state index in [9.17, 15) is 9.59 Å². The lowest BCUT2D eigenvalue weighted by Gasteiger charge is -2.29. The third-order valence-electron chi connectivity index (χ3n) is 6.46. The summed E-state index contributed by atoms with van der Waals surface area (Å²) in [5, 5.41) is 0. The number of hydrogen-bond donors (Lipinski definition) is 0. The van der Waals surface area contributed by atoms with Crippen molar-refractivity contribution >= 4 is 17.8 Å². The van der Waals surface area contributed by atoms with E-state index >= 15 is 0 Å². The van der Waals surface area contributed by atoms with Crippen molar-refractivity contribution in [2.75, 3.05) is 6.54 Å². The fourth-order valence-electron chi connectivity index (χ4n) is 4.63. The normalized spacial score (nSPS) is 17.1. The van der Waals surface area contributed by atoms with Crippen molar-refractivity contribution in [2.24, 2.45) is 4.99 Å². The number of amides is 1. The summed E-state index contributed by atoms with van der Waals surface area (Å²) in [4.78, 5) is 33.1. The highest BCUT2D eigenvalue weighted by molar-refractivity contribution is 6.13. The van der Waals surface area contributed by atoms with E-state index in [1.807, 2.05) is 126 Å². The van der Waals surface area contributed by atoms with Gasteiger partial charge in [0, 0.05) is 17.5 Å². The maximum absolute atomic E-state index is 13.5. The first kappa shape index (κ1) is 29.0. The third-order valence-corrected chi connectivity index (χ3v) is 6.46. The standard InChI is InChI=1S/C33H38N2O5/c1-32(2,3)40-30(36)28(34-29(25-17-11-7-12-18-25)26-19-13-8-14-20-26)21-27-22-35(33(4,5)39-27)31(37)38-23-24-15-9-6-10-16-24/h6-20,27-28H,21-23H2,1-5H3/t27-,28+/m1/s1. The summed E-state index contributed by atoms with van der Waals surface area (Å²) in [5.74, 6) is -0.441. The minimum atomic E-state index is -0.914. The minimum Gasteiger partial charge on any atom is -0.458 e. The van der Waals surface area contributed by atoms with Crippen LogP contribution in [0.1, 0.15) is 57.7 Å². The molecule has 0 aromatic heterocycles. The van der Waals surface area contributed by atoms with Crippen LogP contribution in [0.5, 0.6) is 0 Å². The van der Waals surface area contributed by atoms with E-state index in [2.05, 4.69) is 0 Å². The molecule has 3 aromatic carbocycles. The van der Waals surface area contributed by atoms with Gasteiger partial charge < -0.3 is 14.2 Å². The molecule has 3 aromatic rings. The Morgan fingerprint density at radius 3 is 1.98 bits per heavy atom. The Hall–Kier alpha value is -3.97. The van der Waals surface area contributed by atoms with Crippen LogP contribution in [0.3, 0.4) is 0 Å². The molecule has 0 spiro atoms. The van der Waals surface area contributed by atoms with E-state index < -0.39 is 35.5 Å². The largest absolute Gasteiger partial charge is 0.458 e. The summed E-state index contributed by atoms with van der Waals surface area (Å²) in [5.41, 5.74) is 1.77. The van der Waals surface area contributed by atoms with Gasteiger partial charge in [-0.15, -0.1) is 0 Å². The first-order valence-corrected chi connectivity index (χ1v) is 13.6. The number of carbonyl (C=O) groups excluding carboxylic acids is 2. The minimum absolute atomic E-state index is 0.166. The monoisotopic (exact) mass is 542 g/mol. The van der Waals surface area contributed by atoms with Gasteiger partial charge in [0.15, 0.2) is 6.04 Å². The molecule has 210 valence electrons. The van der Waals surface area contributed by atoms with Gasteiger partial charge in [-0.25, -0.2) is 9.59 Å². The van der Waals surface area contributed by atoms with Crippen molar-refractivity contribution in [2.45, 2.75) is 71.1 Å². The zero-order valence-electron chi connectivity index (χ0n) is 23.9. The molecule has 0 bridgehead atoms. The van der Waals surface area contributed by atoms with Crippen molar-refractivity contribution in [1.82, 2.24) is 4.90 Å². The van der Waals surface area contributed by atoms with Crippen LogP contribution in [-0.4, -0.2) is 52.7 Å². The predicted molar refractivity (Wildman–Crippen MR) is 155 cm³/mol. The molecule has 0 N–H and O–H groups in total. The summed E-state index contributed by atoms with van der Waals surface area (Å²) in [6, 6.07) is 28.2. The fourth-order valence-corrected chi connectivity index (χ4v) is 4.63. The molecular formula is C33H38N2O5. The van der Waals surface area contributed by atoms with E-state index in [0.717, 1.165) is 16.7 Å². The van der Waals surface area contributed by atoms with E-state index in [1.165, 1.54) is 0 Å². The molecule has 4 rings (SSSR count). The smallest absolute Gasteiger partial charge is 0.412 e. The van der Waals surface area contributed by atoms with Crippen LogP contribution in [0.15, 0.2) is 96.0 Å². The number of rotatable bonds is 8. The maximum atomic E-state index is 13.5. The van der Waals surface area contributed by atoms with Crippen LogP contribution in [0.2, 0.25) is 0 Å². The second kappa shape index (κ2) is 12.5. The van der Waals surface area contributed by atoms with Gasteiger partial charge in [-0.1, -0.05) is 91.0 Å². The molecule has 0 saturated carbocycles. The van der Waals surface area contributed by atoms with Gasteiger partial charge in [0.2, 0.25) is 0 Å². The maximum Gasteiger partial charge on any atom is 0.412 e. The average Bonchev–Trinajstić information content (AvgIpc) is 3.23. The van der Waals surface area contributed by atoms with Crippen LogP contribution in [0, 0.1) is 0 Å². The van der Waals surface area contributed by atoms with Crippen LogP contribution in [0.4, 0.5) is 4.79 Å². The number of nitrogens with zero attached hydrogens (tertiary/aromatic N) is 2. The lowest BCUT2D eigenvalue weighted by atomic mass is 10.0. The van der Waals surface area contributed by atoms with Crippen LogP contribution in [-0.2, 0) is 25.6 Å². The third kappa shape index (κ3) is 7.79. The van der Waals surface area contributed by atoms with E-state index in [4.69, 9.17) is 19.2 Å². The molecule has 1 aliphatic heterocycles. The summed E-state index contributed by atoms with van der Waals surface area (Å²) in [6.45, 7) is 9.58. The number of ether oxygens (including phenoxy) is 3. The van der Waals surface area contributed by atoms with Crippen molar-refractivity contribution in [3.05, 3.63) is 108 Å². The summed E-state index contributed by atoms with van der Waals surface area (Å²) in [7, 11) is 0. The Balaban J connectivity index is 1.58. The molecule has 0 radical (unpaired) electrons. The zero-order chi connectivity index (χ0) is 28.8. The van der Waals surface area contributed by atoms with Crippen molar-refractivity contribution in [3.63, 3.8) is 0 Å². The number of aliphatic imine (C=N–C) groups is 1. The van der Waals surface area contributed by atoms with Crippen molar-refractivity contribution in [1.29, 1.82) is 0 Å². The number of benzene rings is 3. The Morgan fingerprint density at radius 2 is 1.45 bits per heavy atom. The molecule has 7 heteroatoms. The van der Waals surface area contributed by atoms with Crippen molar-refractivity contribution in [3.8, 4) is 0 Å². The summed E-state index contributed by atoms with van der Waals surface area (Å²) < 4.78 is 17.7. The van der Waals surface area contributed by atoms with Gasteiger partial charge in [0.25, 0.3) is 0 Å². The Bertz CT molecular complexity index is 1260. The van der Waals surface area contributed by atoms with Gasteiger partial charge in [-0.2, -0.15) is 0 Å². The second-order valence-electron chi connectivity index (χ2n) is 11.3. The highest BCUT2D eigenvalue weighted by Crippen LogP contribution is 2.31. The van der Waals surface area contributed by atoms with Gasteiger partial charge >= 0.3 is 12.1 Å². The zero-order valence-corrected chi connectivity index (χ0v) is 23.9. The number of esters is 1. The SMILES string of the molecule is CC(C)(C)OC(=O)[C@H](C[C@@H]1CN(C(=O)OCc2ccccc2)C(C)(C)O1)N=C(c1ccccc1)c1ccccc1. The first-order valence-electron chi connectivity index (χ1n) is 13.6. The topological polar surface area (TPSA) is 77.4 Å². The highest BCUT2D eigenvalue weighted by Gasteiger charge is 2.45. The quantitative estimate of drug-likeness (QED) is 0.243. The predicted octanol–water partition coefficient (Wildman–Crippen LogP) is 6.40. The van der Waals surface area contributed by atoms with Gasteiger partial charge in [-0.3, -0.25) is 9.89 Å². The molecule has 40 heavy (non-hydrogen) atoms. The van der Waals surface area contributed by atoms with Crippen LogP contribution < -0.4 is 0 Å². The average molecular weight is 543 g/mol. The second-order valence-corrected chi connectivity index (χ2v) is 11.3. The molecule has 1 fully saturated rings. The molecule has 2 atom stereocenters. The molecule has 1 amide bonds. The van der Waals surface area contributed by atoms with E-state index in [1.54, 1.807) is 4.90 Å². The van der Waals surface area contributed by atoms with Crippen LogP contribution in [0.25, 0.3) is 0 Å². The molecule has 1 aliphatic rings. The highest BCUT2D eigenvalue weighted by atomic mass is 16.6. The van der Waals surface area contributed by atoms with E-state index in [0.29, 0.717) is 5.71 Å². The molecule has 0 unspecified atom stereocenters. The van der Waals surface area contributed by atoms with Gasteiger partial charge in [0.05, 0.1) is 18.4 Å². The first-order chi connectivity index (χ1) is 19.0. The molecule has 7 nitrogen and oxygen atoms in total. The number of hydrogen-bond acceptors (Lipinski definition) is 6.